The van der Waals surface area contributed by atoms with E-state index in [0.717, 1.165) is 23.5 Å². The van der Waals surface area contributed by atoms with E-state index in [2.05, 4.69) is 27.2 Å². The highest BCUT2D eigenvalue weighted by Crippen LogP contribution is 2.16. The highest BCUT2D eigenvalue weighted by molar-refractivity contribution is 5.81. The number of oxime groups is 1. The normalized spacial score (nSPS) is 10.8. The van der Waals surface area contributed by atoms with Crippen molar-refractivity contribution in [3.63, 3.8) is 0 Å². The lowest BCUT2D eigenvalue weighted by atomic mass is 10.1. The molecule has 0 atom stereocenters. The summed E-state index contributed by atoms with van der Waals surface area (Å²) < 4.78 is 0. The smallest absolute Gasteiger partial charge is 0.128 e. The average molecular weight is 255 g/mol. The number of anilines is 1. The third-order valence-corrected chi connectivity index (χ3v) is 2.99. The summed E-state index contributed by atoms with van der Waals surface area (Å²) in [4.78, 5) is 6.46. The van der Waals surface area contributed by atoms with E-state index < -0.39 is 0 Å². The molecule has 0 fully saturated rings. The molecule has 0 saturated carbocycles. The number of hydrogen-bond donors (Lipinski definition) is 1. The molecule has 0 aliphatic heterocycles. The van der Waals surface area contributed by atoms with Gasteiger partial charge in [-0.2, -0.15) is 0 Å². The van der Waals surface area contributed by atoms with Crippen LogP contribution in [-0.4, -0.2) is 23.5 Å². The topological polar surface area (TPSA) is 48.7 Å². The first-order valence-corrected chi connectivity index (χ1v) is 6.10. The van der Waals surface area contributed by atoms with Crippen LogP contribution >= 0.6 is 0 Å². The van der Waals surface area contributed by atoms with E-state index in [4.69, 9.17) is 5.21 Å². The van der Waals surface area contributed by atoms with Gasteiger partial charge in [-0.25, -0.2) is 4.98 Å². The van der Waals surface area contributed by atoms with Crippen LogP contribution in [-0.2, 0) is 6.54 Å². The number of aryl methyl sites for hydroxylation is 1. The molecule has 4 nitrogen and oxygen atoms in total. The van der Waals surface area contributed by atoms with Gasteiger partial charge in [-0.15, -0.1) is 0 Å². The zero-order valence-electron chi connectivity index (χ0n) is 11.1. The molecule has 0 bridgehead atoms. The Morgan fingerprint density at radius 3 is 2.68 bits per heavy atom. The Hall–Kier alpha value is -2.36. The third-order valence-electron chi connectivity index (χ3n) is 2.99. The molecule has 1 aromatic heterocycles. The van der Waals surface area contributed by atoms with Crippen LogP contribution in [0.5, 0.6) is 0 Å². The first-order chi connectivity index (χ1) is 9.20. The van der Waals surface area contributed by atoms with Gasteiger partial charge in [0.25, 0.3) is 0 Å². The molecule has 0 aliphatic carbocycles. The summed E-state index contributed by atoms with van der Waals surface area (Å²) in [5.74, 6) is 0.899. The summed E-state index contributed by atoms with van der Waals surface area (Å²) >= 11 is 0. The van der Waals surface area contributed by atoms with Crippen LogP contribution in [0.25, 0.3) is 0 Å². The first-order valence-electron chi connectivity index (χ1n) is 6.10. The Morgan fingerprint density at radius 2 is 2.05 bits per heavy atom. The van der Waals surface area contributed by atoms with E-state index in [1.54, 1.807) is 6.20 Å². The lowest BCUT2D eigenvalue weighted by molar-refractivity contribution is 0.322. The summed E-state index contributed by atoms with van der Waals surface area (Å²) in [5, 5.41) is 11.6. The van der Waals surface area contributed by atoms with Gasteiger partial charge in [0, 0.05) is 25.4 Å². The Labute approximate surface area is 113 Å². The summed E-state index contributed by atoms with van der Waals surface area (Å²) in [7, 11) is 2.01. The summed E-state index contributed by atoms with van der Waals surface area (Å²) in [6, 6.07) is 12.2. The fourth-order valence-electron chi connectivity index (χ4n) is 1.90. The summed E-state index contributed by atoms with van der Waals surface area (Å²) in [5.41, 5.74) is 3.09. The van der Waals surface area contributed by atoms with Crippen molar-refractivity contribution in [2.75, 3.05) is 11.9 Å². The minimum absolute atomic E-state index is 0.806. The summed E-state index contributed by atoms with van der Waals surface area (Å²) in [6.45, 7) is 2.78. The van der Waals surface area contributed by atoms with Gasteiger partial charge in [-0.1, -0.05) is 35.5 Å². The number of benzene rings is 1. The highest BCUT2D eigenvalue weighted by atomic mass is 16.4. The van der Waals surface area contributed by atoms with Gasteiger partial charge in [0.2, 0.25) is 0 Å². The number of hydrogen-bond acceptors (Lipinski definition) is 4. The molecular formula is C15H17N3O. The van der Waals surface area contributed by atoms with Gasteiger partial charge in [0.05, 0.1) is 6.21 Å². The first kappa shape index (κ1) is 13.1. The minimum atomic E-state index is 0.806. The molecule has 1 N–H and O–H groups in total. The van der Waals surface area contributed by atoms with Crippen LogP contribution in [0.2, 0.25) is 0 Å². The molecule has 0 saturated heterocycles. The van der Waals surface area contributed by atoms with E-state index in [1.165, 1.54) is 11.8 Å². The molecular weight excluding hydrogens is 238 g/mol. The number of aromatic nitrogens is 1. The lowest BCUT2D eigenvalue weighted by Crippen LogP contribution is -2.17. The van der Waals surface area contributed by atoms with Gasteiger partial charge in [-0.05, 0) is 24.1 Å². The van der Waals surface area contributed by atoms with E-state index >= 15 is 0 Å². The van der Waals surface area contributed by atoms with E-state index in [1.807, 2.05) is 38.2 Å². The van der Waals surface area contributed by atoms with E-state index in [0.29, 0.717) is 0 Å². The number of nitrogens with zero attached hydrogens (tertiary/aromatic N) is 3. The highest BCUT2D eigenvalue weighted by Gasteiger charge is 2.05. The predicted molar refractivity (Wildman–Crippen MR) is 76.9 cm³/mol. The van der Waals surface area contributed by atoms with Crippen molar-refractivity contribution >= 4 is 12.0 Å². The fourth-order valence-corrected chi connectivity index (χ4v) is 1.90. The molecule has 4 heteroatoms. The van der Waals surface area contributed by atoms with Crippen LogP contribution in [0.1, 0.15) is 16.7 Å². The zero-order chi connectivity index (χ0) is 13.7. The number of pyridine rings is 1. The Kier molecular flexibility index (Phi) is 4.13. The second kappa shape index (κ2) is 6.00. The predicted octanol–water partition coefficient (Wildman–Crippen LogP) is 2.83. The van der Waals surface area contributed by atoms with Crippen molar-refractivity contribution in [2.45, 2.75) is 13.5 Å². The fraction of sp³-hybridized carbons (Fsp3) is 0.200. The largest absolute Gasteiger partial charge is 0.411 e. The maximum absolute atomic E-state index is 8.55. The van der Waals surface area contributed by atoms with Gasteiger partial charge in [0.1, 0.15) is 5.82 Å². The SMILES string of the molecule is Cc1cc(N(C)Cc2ccccc2)ncc1/C=N\O. The van der Waals surface area contributed by atoms with Crippen LogP contribution in [0.3, 0.4) is 0 Å². The van der Waals surface area contributed by atoms with Crippen LogP contribution in [0.4, 0.5) is 5.82 Å². The molecule has 0 amide bonds. The molecule has 0 aliphatic rings. The second-order valence-corrected chi connectivity index (χ2v) is 4.49. The average Bonchev–Trinajstić information content (AvgIpc) is 2.42. The quantitative estimate of drug-likeness (QED) is 0.519. The molecule has 2 aromatic rings. The summed E-state index contributed by atoms with van der Waals surface area (Å²) in [6.07, 6.45) is 3.11. The van der Waals surface area contributed by atoms with Crippen molar-refractivity contribution in [1.82, 2.24) is 4.98 Å². The van der Waals surface area contributed by atoms with Gasteiger partial charge >= 0.3 is 0 Å². The molecule has 0 unspecified atom stereocenters. The van der Waals surface area contributed by atoms with Crippen molar-refractivity contribution in [1.29, 1.82) is 0 Å². The van der Waals surface area contributed by atoms with Crippen LogP contribution < -0.4 is 4.90 Å². The maximum Gasteiger partial charge on any atom is 0.128 e. The molecule has 0 radical (unpaired) electrons. The minimum Gasteiger partial charge on any atom is -0.411 e. The van der Waals surface area contributed by atoms with Gasteiger partial charge < -0.3 is 10.1 Å². The standard InChI is InChI=1S/C15H17N3O/c1-12-8-15(16-9-14(12)10-17-19)18(2)11-13-6-4-3-5-7-13/h3-10,19H,11H2,1-2H3/b17-10-. The van der Waals surface area contributed by atoms with Crippen LogP contribution in [0.15, 0.2) is 47.8 Å². The molecule has 1 aromatic carbocycles. The van der Waals surface area contributed by atoms with Gasteiger partial charge in [0.15, 0.2) is 0 Å². The molecule has 0 spiro atoms. The monoisotopic (exact) mass is 255 g/mol. The lowest BCUT2D eigenvalue weighted by Gasteiger charge is -2.19. The molecule has 19 heavy (non-hydrogen) atoms. The second-order valence-electron chi connectivity index (χ2n) is 4.49. The Bertz CT molecular complexity index is 567. The zero-order valence-corrected chi connectivity index (χ0v) is 11.1. The van der Waals surface area contributed by atoms with Crippen molar-refractivity contribution in [2.24, 2.45) is 5.16 Å². The van der Waals surface area contributed by atoms with Gasteiger partial charge in [-0.3, -0.25) is 0 Å². The van der Waals surface area contributed by atoms with Crippen molar-refractivity contribution in [3.8, 4) is 0 Å². The van der Waals surface area contributed by atoms with Crippen molar-refractivity contribution < 1.29 is 5.21 Å². The molecule has 2 rings (SSSR count). The maximum atomic E-state index is 8.55. The van der Waals surface area contributed by atoms with Crippen LogP contribution in [0, 0.1) is 6.92 Å². The van der Waals surface area contributed by atoms with E-state index in [-0.39, 0.29) is 0 Å². The Balaban J connectivity index is 2.15. The molecule has 1 heterocycles. The Morgan fingerprint density at radius 1 is 1.32 bits per heavy atom. The van der Waals surface area contributed by atoms with E-state index in [9.17, 15) is 0 Å². The number of rotatable bonds is 4. The van der Waals surface area contributed by atoms with Crippen molar-refractivity contribution in [3.05, 3.63) is 59.3 Å². The molecule has 98 valence electrons. The third kappa shape index (κ3) is 3.31.